The lowest BCUT2D eigenvalue weighted by Gasteiger charge is -2.32. The molecule has 2 heterocycles. The summed E-state index contributed by atoms with van der Waals surface area (Å²) in [6.45, 7) is 4.84. The maximum Gasteiger partial charge on any atom is 0.256 e. The fourth-order valence-electron chi connectivity index (χ4n) is 3.86. The van der Waals surface area contributed by atoms with E-state index in [-0.39, 0.29) is 5.91 Å². The van der Waals surface area contributed by atoms with Crippen molar-refractivity contribution in [1.82, 2.24) is 9.47 Å². The molecule has 1 aliphatic rings. The number of hydrogen-bond donors (Lipinski definition) is 1. The van der Waals surface area contributed by atoms with Crippen molar-refractivity contribution >= 4 is 5.91 Å². The van der Waals surface area contributed by atoms with Crippen molar-refractivity contribution < 1.29 is 9.90 Å². The van der Waals surface area contributed by atoms with Crippen LogP contribution in [0.4, 0.5) is 0 Å². The first-order valence-corrected chi connectivity index (χ1v) is 8.86. The summed E-state index contributed by atoms with van der Waals surface area (Å²) in [5.41, 5.74) is 5.62. The number of carbonyl (C=O) groups is 1. The molecule has 0 aliphatic carbocycles. The van der Waals surface area contributed by atoms with Gasteiger partial charge in [-0.15, -0.1) is 0 Å². The Morgan fingerprint density at radius 2 is 1.73 bits per heavy atom. The van der Waals surface area contributed by atoms with Crippen LogP contribution in [0, 0.1) is 13.8 Å². The van der Waals surface area contributed by atoms with E-state index in [1.54, 1.807) is 4.90 Å². The van der Waals surface area contributed by atoms with Crippen molar-refractivity contribution in [3.63, 3.8) is 0 Å². The van der Waals surface area contributed by atoms with E-state index >= 15 is 0 Å². The van der Waals surface area contributed by atoms with Gasteiger partial charge in [-0.2, -0.15) is 0 Å². The van der Waals surface area contributed by atoms with E-state index in [9.17, 15) is 9.90 Å². The molecule has 1 atom stereocenters. The Labute approximate surface area is 153 Å². The van der Waals surface area contributed by atoms with Crippen LogP contribution in [0.15, 0.2) is 60.7 Å². The number of aliphatic hydroxyl groups excluding tert-OH is 1. The van der Waals surface area contributed by atoms with Crippen LogP contribution in [-0.4, -0.2) is 27.0 Å². The predicted molar refractivity (Wildman–Crippen MR) is 101 cm³/mol. The van der Waals surface area contributed by atoms with Crippen LogP contribution in [0.3, 0.4) is 0 Å². The highest BCUT2D eigenvalue weighted by molar-refractivity contribution is 5.96. The van der Waals surface area contributed by atoms with E-state index < -0.39 is 6.10 Å². The molecule has 4 rings (SSSR count). The van der Waals surface area contributed by atoms with Crippen molar-refractivity contribution in [3.05, 3.63) is 88.7 Å². The van der Waals surface area contributed by atoms with Gasteiger partial charge in [-0.25, -0.2) is 0 Å². The summed E-state index contributed by atoms with van der Waals surface area (Å²) in [6.07, 6.45) is -0.637. The molecule has 132 valence electrons. The Morgan fingerprint density at radius 1 is 1.04 bits per heavy atom. The summed E-state index contributed by atoms with van der Waals surface area (Å²) < 4.78 is 2.10. The van der Waals surface area contributed by atoms with Gasteiger partial charge in [0.15, 0.2) is 0 Å². The van der Waals surface area contributed by atoms with Gasteiger partial charge in [0.2, 0.25) is 0 Å². The normalized spacial score (nSPS) is 16.4. The molecule has 0 saturated heterocycles. The number of hydrogen-bond acceptors (Lipinski definition) is 2. The maximum atomic E-state index is 13.2. The molecule has 1 aliphatic heterocycles. The van der Waals surface area contributed by atoms with Gasteiger partial charge in [0.1, 0.15) is 0 Å². The number of para-hydroxylation sites is 1. The Kier molecular flexibility index (Phi) is 4.13. The molecule has 26 heavy (non-hydrogen) atoms. The summed E-state index contributed by atoms with van der Waals surface area (Å²) in [7, 11) is 0. The predicted octanol–water partition coefficient (Wildman–Crippen LogP) is 3.78. The van der Waals surface area contributed by atoms with Gasteiger partial charge in [0.25, 0.3) is 5.91 Å². The Hall–Kier alpha value is -2.85. The number of rotatable bonds is 2. The number of carbonyl (C=O) groups excluding carboxylic acids is 1. The quantitative estimate of drug-likeness (QED) is 0.767. The van der Waals surface area contributed by atoms with Gasteiger partial charge in [-0.1, -0.05) is 42.5 Å². The molecule has 0 unspecified atom stereocenters. The molecule has 3 aromatic rings. The third kappa shape index (κ3) is 2.72. The first-order valence-electron chi connectivity index (χ1n) is 8.86. The van der Waals surface area contributed by atoms with Crippen LogP contribution in [0.2, 0.25) is 0 Å². The Bertz CT molecular complexity index is 960. The lowest BCUT2D eigenvalue weighted by molar-refractivity contribution is 0.0549. The molecule has 0 bridgehead atoms. The summed E-state index contributed by atoms with van der Waals surface area (Å²) in [6, 6.07) is 19.8. The largest absolute Gasteiger partial charge is 0.387 e. The van der Waals surface area contributed by atoms with E-state index in [0.29, 0.717) is 18.7 Å². The molecule has 4 nitrogen and oxygen atoms in total. The average molecular weight is 346 g/mol. The number of fused-ring (bicyclic) bond motifs is 1. The van der Waals surface area contributed by atoms with Gasteiger partial charge < -0.3 is 14.6 Å². The van der Waals surface area contributed by atoms with Crippen LogP contribution in [0.1, 0.15) is 39.0 Å². The number of amides is 1. The van der Waals surface area contributed by atoms with E-state index in [1.807, 2.05) is 74.5 Å². The van der Waals surface area contributed by atoms with Crippen molar-refractivity contribution in [2.24, 2.45) is 0 Å². The molecule has 1 N–H and O–H groups in total. The minimum atomic E-state index is -0.637. The molecular weight excluding hydrogens is 324 g/mol. The number of β-amino-alcohol motifs (C(OH)–C–C–N with tert-alkyl or cyclic N) is 1. The number of benzene rings is 2. The number of aromatic nitrogens is 1. The SMILES string of the molecule is Cc1cc(C(=O)N2Cc3ccccc3[C@@H](O)C2)c(C)n1-c1ccccc1. The monoisotopic (exact) mass is 346 g/mol. The van der Waals surface area contributed by atoms with Gasteiger partial charge >= 0.3 is 0 Å². The minimum absolute atomic E-state index is 0.0335. The fraction of sp³-hybridized carbons (Fsp3) is 0.227. The number of aliphatic hydroxyl groups is 1. The highest BCUT2D eigenvalue weighted by Gasteiger charge is 2.29. The minimum Gasteiger partial charge on any atom is -0.387 e. The van der Waals surface area contributed by atoms with Crippen molar-refractivity contribution in [2.45, 2.75) is 26.5 Å². The molecule has 0 radical (unpaired) electrons. The van der Waals surface area contributed by atoms with Crippen LogP contribution >= 0.6 is 0 Å². The standard InChI is InChI=1S/C22H22N2O2/c1-15-12-20(16(2)24(15)18-9-4-3-5-10-18)22(26)23-13-17-8-6-7-11-19(17)21(25)14-23/h3-12,21,25H,13-14H2,1-2H3/t21-/m0/s1. The Balaban J connectivity index is 1.68. The average Bonchev–Trinajstić information content (AvgIpc) is 2.96. The van der Waals surface area contributed by atoms with E-state index in [0.717, 1.165) is 28.2 Å². The Morgan fingerprint density at radius 3 is 2.50 bits per heavy atom. The number of nitrogens with zero attached hydrogens (tertiary/aromatic N) is 2. The highest BCUT2D eigenvalue weighted by atomic mass is 16.3. The zero-order valence-electron chi connectivity index (χ0n) is 15.0. The molecular formula is C22H22N2O2. The highest BCUT2D eigenvalue weighted by Crippen LogP contribution is 2.29. The van der Waals surface area contributed by atoms with Crippen LogP contribution in [0.25, 0.3) is 5.69 Å². The maximum absolute atomic E-state index is 13.2. The smallest absolute Gasteiger partial charge is 0.256 e. The summed E-state index contributed by atoms with van der Waals surface area (Å²) in [5.74, 6) is -0.0335. The zero-order chi connectivity index (χ0) is 18.3. The van der Waals surface area contributed by atoms with Crippen LogP contribution in [-0.2, 0) is 6.54 Å². The molecule has 2 aromatic carbocycles. The van der Waals surface area contributed by atoms with E-state index in [2.05, 4.69) is 4.57 Å². The first kappa shape index (κ1) is 16.6. The summed E-state index contributed by atoms with van der Waals surface area (Å²) in [4.78, 5) is 14.9. The molecule has 4 heteroatoms. The topological polar surface area (TPSA) is 45.5 Å². The molecule has 0 saturated carbocycles. The zero-order valence-corrected chi connectivity index (χ0v) is 15.0. The van der Waals surface area contributed by atoms with Crippen LogP contribution < -0.4 is 0 Å². The van der Waals surface area contributed by atoms with Crippen molar-refractivity contribution in [2.75, 3.05) is 6.54 Å². The van der Waals surface area contributed by atoms with Crippen molar-refractivity contribution in [1.29, 1.82) is 0 Å². The third-order valence-corrected chi connectivity index (χ3v) is 5.13. The van der Waals surface area contributed by atoms with Crippen molar-refractivity contribution in [3.8, 4) is 5.69 Å². The molecule has 1 aromatic heterocycles. The van der Waals surface area contributed by atoms with E-state index in [4.69, 9.17) is 0 Å². The lowest BCUT2D eigenvalue weighted by Crippen LogP contribution is -2.38. The van der Waals surface area contributed by atoms with Gasteiger partial charge in [-0.3, -0.25) is 4.79 Å². The number of aryl methyl sites for hydroxylation is 1. The molecule has 1 amide bonds. The van der Waals surface area contributed by atoms with E-state index in [1.165, 1.54) is 0 Å². The molecule has 0 fully saturated rings. The van der Waals surface area contributed by atoms with Gasteiger partial charge in [0.05, 0.1) is 18.2 Å². The first-order chi connectivity index (χ1) is 12.6. The molecule has 0 spiro atoms. The second-order valence-corrected chi connectivity index (χ2v) is 6.86. The summed E-state index contributed by atoms with van der Waals surface area (Å²) in [5, 5.41) is 10.4. The second kappa shape index (κ2) is 6.46. The van der Waals surface area contributed by atoms with Crippen LogP contribution in [0.5, 0.6) is 0 Å². The second-order valence-electron chi connectivity index (χ2n) is 6.86. The fourth-order valence-corrected chi connectivity index (χ4v) is 3.86. The summed E-state index contributed by atoms with van der Waals surface area (Å²) >= 11 is 0. The lowest BCUT2D eigenvalue weighted by atomic mass is 9.97. The van der Waals surface area contributed by atoms with Gasteiger partial charge in [0, 0.05) is 23.6 Å². The van der Waals surface area contributed by atoms with Gasteiger partial charge in [-0.05, 0) is 43.2 Å². The third-order valence-electron chi connectivity index (χ3n) is 5.13.